The van der Waals surface area contributed by atoms with Gasteiger partial charge >= 0.3 is 0 Å². The van der Waals surface area contributed by atoms with Crippen LogP contribution in [0.15, 0.2) is 0 Å². The Hall–Kier alpha value is 0.310. The first-order valence-corrected chi connectivity index (χ1v) is 4.65. The fraction of sp³-hybridized carbons (Fsp3) is 1.00. The molecule has 1 N–H and O–H groups in total. The summed E-state index contributed by atoms with van der Waals surface area (Å²) in [5, 5.41) is 9.68. The molecule has 1 fully saturated rings. The molecule has 0 aromatic carbocycles. The molecule has 0 aromatic rings. The zero-order chi connectivity index (χ0) is 6.69. The van der Waals surface area contributed by atoms with E-state index in [0.29, 0.717) is 5.25 Å². The minimum atomic E-state index is -0.102. The van der Waals surface area contributed by atoms with Crippen LogP contribution in [0.25, 0.3) is 0 Å². The number of aliphatic hydroxyl groups excluding tert-OH is 1. The van der Waals surface area contributed by atoms with E-state index in [-0.39, 0.29) is 6.10 Å². The highest BCUT2D eigenvalue weighted by molar-refractivity contribution is 8.00. The van der Waals surface area contributed by atoms with Gasteiger partial charge in [-0.3, -0.25) is 0 Å². The van der Waals surface area contributed by atoms with Gasteiger partial charge in [0.05, 0.1) is 6.10 Å². The molecule has 0 unspecified atom stereocenters. The van der Waals surface area contributed by atoms with E-state index in [0.717, 1.165) is 0 Å². The van der Waals surface area contributed by atoms with Gasteiger partial charge in [0.2, 0.25) is 0 Å². The van der Waals surface area contributed by atoms with E-state index in [1.54, 1.807) is 0 Å². The van der Waals surface area contributed by atoms with Gasteiger partial charge in [-0.25, -0.2) is 0 Å². The lowest BCUT2D eigenvalue weighted by atomic mass is 10.1. The Labute approximate surface area is 60.8 Å². The number of aliphatic hydroxyl groups is 1. The highest BCUT2D eigenvalue weighted by Gasteiger charge is 2.17. The maximum Gasteiger partial charge on any atom is 0.0630 e. The average Bonchev–Trinajstić information content (AvgIpc) is 1.90. The molecule has 0 amide bonds. The van der Waals surface area contributed by atoms with E-state index < -0.39 is 0 Å². The summed E-state index contributed by atoms with van der Waals surface area (Å²) in [6, 6.07) is 0. The van der Waals surface area contributed by atoms with Crippen LogP contribution in [-0.2, 0) is 0 Å². The second-order valence-electron chi connectivity index (χ2n) is 2.65. The highest BCUT2D eigenvalue weighted by Crippen LogP contribution is 2.27. The van der Waals surface area contributed by atoms with Gasteiger partial charge in [-0.15, -0.1) is 0 Å². The molecule has 0 bridgehead atoms. The van der Waals surface area contributed by atoms with Crippen molar-refractivity contribution in [1.82, 2.24) is 0 Å². The Bertz CT molecular complexity index is 77.0. The van der Waals surface area contributed by atoms with Crippen LogP contribution >= 0.6 is 11.8 Å². The highest BCUT2D eigenvalue weighted by atomic mass is 32.2. The van der Waals surface area contributed by atoms with Crippen molar-refractivity contribution in [2.75, 3.05) is 5.75 Å². The van der Waals surface area contributed by atoms with Crippen molar-refractivity contribution >= 4 is 11.8 Å². The fourth-order valence-corrected chi connectivity index (χ4v) is 2.43. The molecule has 0 saturated carbocycles. The summed E-state index contributed by atoms with van der Waals surface area (Å²) in [6.45, 7) is 1.89. The first kappa shape index (κ1) is 7.42. The first-order chi connectivity index (χ1) is 4.30. The predicted molar refractivity (Wildman–Crippen MR) is 41.8 cm³/mol. The number of hydrogen-bond donors (Lipinski definition) is 1. The monoisotopic (exact) mass is 146 g/mol. The smallest absolute Gasteiger partial charge is 0.0630 e. The molecule has 2 heteroatoms. The van der Waals surface area contributed by atoms with Gasteiger partial charge in [0.15, 0.2) is 0 Å². The molecular weight excluding hydrogens is 132 g/mol. The van der Waals surface area contributed by atoms with E-state index in [2.05, 4.69) is 0 Å². The molecule has 1 heterocycles. The average molecular weight is 146 g/mol. The van der Waals surface area contributed by atoms with Crippen molar-refractivity contribution in [2.24, 2.45) is 0 Å². The Kier molecular flexibility index (Phi) is 2.86. The van der Waals surface area contributed by atoms with Crippen LogP contribution in [0, 0.1) is 0 Å². The zero-order valence-electron chi connectivity index (χ0n) is 5.84. The summed E-state index contributed by atoms with van der Waals surface area (Å²) in [7, 11) is 0. The maximum absolute atomic E-state index is 9.16. The topological polar surface area (TPSA) is 20.2 Å². The summed E-state index contributed by atoms with van der Waals surface area (Å²) in [6.07, 6.45) is 3.76. The summed E-state index contributed by atoms with van der Waals surface area (Å²) >= 11 is 1.92. The number of thioether (sulfide) groups is 1. The van der Waals surface area contributed by atoms with Gasteiger partial charge in [-0.1, -0.05) is 6.42 Å². The van der Waals surface area contributed by atoms with Gasteiger partial charge in [-0.2, -0.15) is 11.8 Å². The van der Waals surface area contributed by atoms with Crippen molar-refractivity contribution in [3.8, 4) is 0 Å². The molecule has 1 saturated heterocycles. The van der Waals surface area contributed by atoms with Crippen LogP contribution in [-0.4, -0.2) is 22.2 Å². The molecule has 1 aliphatic heterocycles. The van der Waals surface area contributed by atoms with Gasteiger partial charge in [0.25, 0.3) is 0 Å². The molecular formula is C7H14OS. The standard InChI is InChI=1S/C7H14OS/c1-6(8)7-4-2-3-5-9-7/h6-8H,2-5H2,1H3/t6-,7+/m0/s1. The van der Waals surface area contributed by atoms with Crippen LogP contribution in [0.3, 0.4) is 0 Å². The molecule has 0 spiro atoms. The minimum absolute atomic E-state index is 0.102. The van der Waals surface area contributed by atoms with Crippen LogP contribution in [0.1, 0.15) is 26.2 Å². The van der Waals surface area contributed by atoms with Crippen molar-refractivity contribution < 1.29 is 5.11 Å². The van der Waals surface area contributed by atoms with Crippen molar-refractivity contribution in [3.63, 3.8) is 0 Å². The summed E-state index contributed by atoms with van der Waals surface area (Å²) < 4.78 is 0. The lowest BCUT2D eigenvalue weighted by molar-refractivity contribution is 0.185. The van der Waals surface area contributed by atoms with Gasteiger partial charge < -0.3 is 5.11 Å². The molecule has 1 nitrogen and oxygen atoms in total. The molecule has 0 radical (unpaired) electrons. The number of rotatable bonds is 1. The molecule has 9 heavy (non-hydrogen) atoms. The van der Waals surface area contributed by atoms with Gasteiger partial charge in [0, 0.05) is 5.25 Å². The van der Waals surface area contributed by atoms with Crippen LogP contribution in [0.4, 0.5) is 0 Å². The minimum Gasteiger partial charge on any atom is -0.392 e. The van der Waals surface area contributed by atoms with E-state index in [4.69, 9.17) is 5.11 Å². The third-order valence-corrected chi connectivity index (χ3v) is 3.34. The normalized spacial score (nSPS) is 32.0. The predicted octanol–water partition coefficient (Wildman–Crippen LogP) is 1.65. The van der Waals surface area contributed by atoms with Crippen molar-refractivity contribution in [1.29, 1.82) is 0 Å². The molecule has 0 aliphatic carbocycles. The maximum atomic E-state index is 9.16. The molecule has 54 valence electrons. The largest absolute Gasteiger partial charge is 0.392 e. The lowest BCUT2D eigenvalue weighted by Crippen LogP contribution is -2.22. The second-order valence-corrected chi connectivity index (χ2v) is 3.99. The van der Waals surface area contributed by atoms with E-state index in [9.17, 15) is 0 Å². The molecule has 1 aliphatic rings. The third-order valence-electron chi connectivity index (χ3n) is 1.75. The van der Waals surface area contributed by atoms with E-state index in [1.807, 2.05) is 18.7 Å². The summed E-state index contributed by atoms with van der Waals surface area (Å²) in [4.78, 5) is 0. The third kappa shape index (κ3) is 2.18. The van der Waals surface area contributed by atoms with Crippen molar-refractivity contribution in [2.45, 2.75) is 37.5 Å². The van der Waals surface area contributed by atoms with Gasteiger partial charge in [0.1, 0.15) is 0 Å². The summed E-state index contributed by atoms with van der Waals surface area (Å²) in [5.41, 5.74) is 0. The summed E-state index contributed by atoms with van der Waals surface area (Å²) in [5.74, 6) is 1.25. The number of hydrogen-bond acceptors (Lipinski definition) is 2. The Balaban J connectivity index is 2.23. The second kappa shape index (κ2) is 3.47. The fourth-order valence-electron chi connectivity index (χ4n) is 1.15. The quantitative estimate of drug-likeness (QED) is 0.607. The lowest BCUT2D eigenvalue weighted by Gasteiger charge is -2.23. The Morgan fingerprint density at radius 1 is 1.56 bits per heavy atom. The molecule has 0 aromatic heterocycles. The van der Waals surface area contributed by atoms with Crippen LogP contribution in [0.2, 0.25) is 0 Å². The van der Waals surface area contributed by atoms with E-state index in [1.165, 1.54) is 25.0 Å². The molecule has 1 rings (SSSR count). The van der Waals surface area contributed by atoms with Crippen LogP contribution < -0.4 is 0 Å². The van der Waals surface area contributed by atoms with Crippen molar-refractivity contribution in [3.05, 3.63) is 0 Å². The Morgan fingerprint density at radius 3 is 2.67 bits per heavy atom. The SMILES string of the molecule is C[C@H](O)[C@H]1CCCCS1. The zero-order valence-corrected chi connectivity index (χ0v) is 6.66. The molecule has 2 atom stereocenters. The van der Waals surface area contributed by atoms with Crippen LogP contribution in [0.5, 0.6) is 0 Å². The Morgan fingerprint density at radius 2 is 2.33 bits per heavy atom. The van der Waals surface area contributed by atoms with E-state index >= 15 is 0 Å². The van der Waals surface area contributed by atoms with Gasteiger partial charge in [-0.05, 0) is 25.5 Å². The first-order valence-electron chi connectivity index (χ1n) is 3.60.